The van der Waals surface area contributed by atoms with Crippen molar-refractivity contribution in [2.45, 2.75) is 13.3 Å². The minimum atomic E-state index is -0.190. The lowest BCUT2D eigenvalue weighted by Crippen LogP contribution is -2.21. The molecule has 0 bridgehead atoms. The number of carbonyl (C=O) groups is 1. The number of hydrogen-bond donors (Lipinski definition) is 1. The lowest BCUT2D eigenvalue weighted by molar-refractivity contribution is 0.101. The molecule has 4 rings (SSSR count). The second-order valence-corrected chi connectivity index (χ2v) is 7.22. The molecule has 4 heteroatoms. The fraction of sp³-hybridized carbons (Fsp3) is 0.120. The molecule has 0 unspecified atom stereocenters. The first-order valence-electron chi connectivity index (χ1n) is 9.45. The van der Waals surface area contributed by atoms with Crippen molar-refractivity contribution in [3.63, 3.8) is 0 Å². The Morgan fingerprint density at radius 2 is 1.48 bits per heavy atom. The molecule has 0 amide bonds. The van der Waals surface area contributed by atoms with E-state index in [4.69, 9.17) is 0 Å². The molecular weight excluding hydrogens is 362 g/mol. The van der Waals surface area contributed by atoms with E-state index in [0.717, 1.165) is 16.7 Å². The van der Waals surface area contributed by atoms with Gasteiger partial charge in [0.05, 0.1) is 11.1 Å². The standard InChI is InChI=1S/C25H21NO3/c1-16(27)18-11-13-20(14-12-18)19-9-7-17(8-10-19)15-22-24(28)21-5-3-4-6-23(21)26(2)25(22)29/h3-14,28H,15H2,1-2H3. The predicted molar refractivity (Wildman–Crippen MR) is 116 cm³/mol. The van der Waals surface area contributed by atoms with Gasteiger partial charge < -0.3 is 9.67 Å². The Hall–Kier alpha value is -3.66. The van der Waals surface area contributed by atoms with Gasteiger partial charge in [0.15, 0.2) is 5.78 Å². The van der Waals surface area contributed by atoms with Crippen LogP contribution in [-0.2, 0) is 13.5 Å². The second-order valence-electron chi connectivity index (χ2n) is 7.22. The molecular formula is C25H21NO3. The largest absolute Gasteiger partial charge is 0.507 e. The minimum Gasteiger partial charge on any atom is -0.507 e. The van der Waals surface area contributed by atoms with Crippen molar-refractivity contribution in [2.75, 3.05) is 0 Å². The zero-order valence-electron chi connectivity index (χ0n) is 16.3. The van der Waals surface area contributed by atoms with Gasteiger partial charge in [-0.3, -0.25) is 9.59 Å². The summed E-state index contributed by atoms with van der Waals surface area (Å²) in [6, 6.07) is 22.7. The van der Waals surface area contributed by atoms with Crippen LogP contribution in [-0.4, -0.2) is 15.5 Å². The van der Waals surface area contributed by atoms with Crippen molar-refractivity contribution in [1.82, 2.24) is 4.57 Å². The summed E-state index contributed by atoms with van der Waals surface area (Å²) in [6.07, 6.45) is 0.354. The van der Waals surface area contributed by atoms with E-state index in [2.05, 4.69) is 0 Å². The summed E-state index contributed by atoms with van der Waals surface area (Å²) in [5.74, 6) is 0.0938. The van der Waals surface area contributed by atoms with Gasteiger partial charge in [-0.25, -0.2) is 0 Å². The third-order valence-electron chi connectivity index (χ3n) is 5.33. The molecule has 3 aromatic carbocycles. The monoisotopic (exact) mass is 383 g/mol. The van der Waals surface area contributed by atoms with Crippen LogP contribution in [0.25, 0.3) is 22.0 Å². The van der Waals surface area contributed by atoms with Gasteiger partial charge >= 0.3 is 0 Å². The number of hydrogen-bond acceptors (Lipinski definition) is 3. The molecule has 0 saturated heterocycles. The zero-order chi connectivity index (χ0) is 20.5. The van der Waals surface area contributed by atoms with E-state index in [1.807, 2.05) is 72.8 Å². The number of benzene rings is 3. The Kier molecular flexibility index (Phi) is 4.77. The van der Waals surface area contributed by atoms with E-state index >= 15 is 0 Å². The molecule has 29 heavy (non-hydrogen) atoms. The molecule has 0 spiro atoms. The number of para-hydroxylation sites is 1. The van der Waals surface area contributed by atoms with Crippen LogP contribution >= 0.6 is 0 Å². The summed E-state index contributed by atoms with van der Waals surface area (Å²) in [7, 11) is 1.72. The number of Topliss-reactive ketones (excluding diaryl/α,β-unsaturated/α-hetero) is 1. The molecule has 4 aromatic rings. The molecule has 0 fully saturated rings. The number of aromatic nitrogens is 1. The van der Waals surface area contributed by atoms with E-state index < -0.39 is 0 Å². The molecule has 0 atom stereocenters. The summed E-state index contributed by atoms with van der Waals surface area (Å²) in [6.45, 7) is 1.55. The number of aromatic hydroxyl groups is 1. The van der Waals surface area contributed by atoms with E-state index in [9.17, 15) is 14.7 Å². The molecule has 4 nitrogen and oxygen atoms in total. The molecule has 0 saturated carbocycles. The van der Waals surface area contributed by atoms with Crippen LogP contribution in [0, 0.1) is 0 Å². The fourth-order valence-electron chi connectivity index (χ4n) is 3.62. The summed E-state index contributed by atoms with van der Waals surface area (Å²) in [4.78, 5) is 24.2. The number of ketones is 1. The third kappa shape index (κ3) is 3.45. The summed E-state index contributed by atoms with van der Waals surface area (Å²) >= 11 is 0. The van der Waals surface area contributed by atoms with Gasteiger partial charge in [0, 0.05) is 24.4 Å². The van der Waals surface area contributed by atoms with Crippen LogP contribution < -0.4 is 5.56 Å². The first-order valence-corrected chi connectivity index (χ1v) is 9.45. The normalized spacial score (nSPS) is 11.0. The van der Waals surface area contributed by atoms with E-state index in [-0.39, 0.29) is 17.1 Å². The highest BCUT2D eigenvalue weighted by atomic mass is 16.3. The van der Waals surface area contributed by atoms with Crippen LogP contribution in [0.5, 0.6) is 5.75 Å². The van der Waals surface area contributed by atoms with Gasteiger partial charge in [-0.05, 0) is 35.7 Å². The van der Waals surface area contributed by atoms with E-state index in [0.29, 0.717) is 28.5 Å². The van der Waals surface area contributed by atoms with E-state index in [1.54, 1.807) is 18.5 Å². The number of nitrogens with zero attached hydrogens (tertiary/aromatic N) is 1. The maximum absolute atomic E-state index is 12.8. The SMILES string of the molecule is CC(=O)c1ccc(-c2ccc(Cc3c(O)c4ccccc4n(C)c3=O)cc2)cc1. The van der Waals surface area contributed by atoms with Gasteiger partial charge in [-0.1, -0.05) is 60.7 Å². The van der Waals surface area contributed by atoms with Crippen molar-refractivity contribution in [1.29, 1.82) is 0 Å². The van der Waals surface area contributed by atoms with Gasteiger partial charge in [-0.15, -0.1) is 0 Å². The smallest absolute Gasteiger partial charge is 0.258 e. The molecule has 0 radical (unpaired) electrons. The average Bonchev–Trinajstić information content (AvgIpc) is 2.75. The number of aryl methyl sites for hydroxylation is 1. The van der Waals surface area contributed by atoms with Crippen molar-refractivity contribution < 1.29 is 9.90 Å². The van der Waals surface area contributed by atoms with Gasteiger partial charge in [0.1, 0.15) is 5.75 Å². The van der Waals surface area contributed by atoms with Gasteiger partial charge in [0.2, 0.25) is 0 Å². The predicted octanol–water partition coefficient (Wildman–Crippen LogP) is 4.70. The Morgan fingerprint density at radius 1 is 0.897 bits per heavy atom. The molecule has 1 aromatic heterocycles. The van der Waals surface area contributed by atoms with E-state index in [1.165, 1.54) is 0 Å². The Balaban J connectivity index is 1.66. The number of carbonyl (C=O) groups excluding carboxylic acids is 1. The van der Waals surface area contributed by atoms with Crippen LogP contribution in [0.2, 0.25) is 0 Å². The zero-order valence-corrected chi connectivity index (χ0v) is 16.3. The molecule has 1 heterocycles. The molecule has 1 N–H and O–H groups in total. The highest BCUT2D eigenvalue weighted by molar-refractivity contribution is 5.94. The van der Waals surface area contributed by atoms with Gasteiger partial charge in [0.25, 0.3) is 5.56 Å². The third-order valence-corrected chi connectivity index (χ3v) is 5.33. The number of fused-ring (bicyclic) bond motifs is 1. The molecule has 144 valence electrons. The Bertz CT molecular complexity index is 1270. The maximum Gasteiger partial charge on any atom is 0.258 e. The van der Waals surface area contributed by atoms with Crippen LogP contribution in [0.15, 0.2) is 77.6 Å². The molecule has 0 aliphatic rings. The number of rotatable bonds is 4. The fourth-order valence-corrected chi connectivity index (χ4v) is 3.62. The first-order chi connectivity index (χ1) is 14.0. The quantitative estimate of drug-likeness (QED) is 0.520. The summed E-state index contributed by atoms with van der Waals surface area (Å²) in [5, 5.41) is 11.4. The van der Waals surface area contributed by atoms with Crippen molar-refractivity contribution in [2.24, 2.45) is 7.05 Å². The maximum atomic E-state index is 12.8. The highest BCUT2D eigenvalue weighted by Crippen LogP contribution is 2.28. The molecule has 0 aliphatic carbocycles. The van der Waals surface area contributed by atoms with Crippen molar-refractivity contribution in [3.8, 4) is 16.9 Å². The highest BCUT2D eigenvalue weighted by Gasteiger charge is 2.14. The Labute approximate surface area is 168 Å². The van der Waals surface area contributed by atoms with Crippen LogP contribution in [0.4, 0.5) is 0 Å². The topological polar surface area (TPSA) is 59.3 Å². The lowest BCUT2D eigenvalue weighted by Gasteiger charge is -2.12. The lowest BCUT2D eigenvalue weighted by atomic mass is 9.98. The number of pyridine rings is 1. The average molecular weight is 383 g/mol. The van der Waals surface area contributed by atoms with Crippen LogP contribution in [0.1, 0.15) is 28.4 Å². The summed E-state index contributed by atoms with van der Waals surface area (Å²) in [5.41, 5.74) is 4.59. The first kappa shape index (κ1) is 18.7. The van der Waals surface area contributed by atoms with Crippen molar-refractivity contribution >= 4 is 16.7 Å². The second kappa shape index (κ2) is 7.40. The minimum absolute atomic E-state index is 0.0451. The van der Waals surface area contributed by atoms with Crippen molar-refractivity contribution in [3.05, 3.63) is 99.8 Å². The summed E-state index contributed by atoms with van der Waals surface area (Å²) < 4.78 is 1.58. The molecule has 0 aliphatic heterocycles. The Morgan fingerprint density at radius 3 is 2.10 bits per heavy atom. The van der Waals surface area contributed by atoms with Gasteiger partial charge in [-0.2, -0.15) is 0 Å². The van der Waals surface area contributed by atoms with Crippen LogP contribution in [0.3, 0.4) is 0 Å².